The van der Waals surface area contributed by atoms with E-state index in [1.165, 1.54) is 50.8 Å². The lowest BCUT2D eigenvalue weighted by molar-refractivity contribution is 0.263. The molecule has 1 aliphatic heterocycles. The van der Waals surface area contributed by atoms with E-state index in [2.05, 4.69) is 24.0 Å². The van der Waals surface area contributed by atoms with Crippen molar-refractivity contribution in [1.29, 1.82) is 0 Å². The summed E-state index contributed by atoms with van der Waals surface area (Å²) in [7, 11) is 1.69. The smallest absolute Gasteiger partial charge is 0.118 e. The van der Waals surface area contributed by atoms with Gasteiger partial charge in [-0.2, -0.15) is 0 Å². The van der Waals surface area contributed by atoms with E-state index in [1.807, 2.05) is 12.1 Å². The third-order valence-corrected chi connectivity index (χ3v) is 4.64. The molecule has 21 heavy (non-hydrogen) atoms. The van der Waals surface area contributed by atoms with Gasteiger partial charge in [-0.05, 0) is 56.0 Å². The Morgan fingerprint density at radius 1 is 1.24 bits per heavy atom. The molecule has 3 heteroatoms. The Balaban J connectivity index is 1.85. The Morgan fingerprint density at radius 2 is 2.00 bits per heavy atom. The third kappa shape index (κ3) is 5.01. The molecule has 118 valence electrons. The first-order valence-electron chi connectivity index (χ1n) is 8.34. The Kier molecular flexibility index (Phi) is 6.52. The highest BCUT2D eigenvalue weighted by Gasteiger charge is 2.18. The normalized spacial score (nSPS) is 21.8. The Morgan fingerprint density at radius 3 is 2.67 bits per heavy atom. The molecule has 3 nitrogen and oxygen atoms in total. The van der Waals surface area contributed by atoms with E-state index in [9.17, 15) is 0 Å². The lowest BCUT2D eigenvalue weighted by Crippen LogP contribution is -2.33. The second-order valence-electron chi connectivity index (χ2n) is 6.27. The largest absolute Gasteiger partial charge is 0.497 e. The van der Waals surface area contributed by atoms with E-state index in [0.717, 1.165) is 18.2 Å². The van der Waals surface area contributed by atoms with Gasteiger partial charge in [0.2, 0.25) is 0 Å². The summed E-state index contributed by atoms with van der Waals surface area (Å²) in [4.78, 5) is 2.55. The number of nitrogens with two attached hydrogens (primary N) is 1. The molecule has 0 aromatic heterocycles. The molecule has 0 amide bonds. The van der Waals surface area contributed by atoms with Crippen LogP contribution in [-0.2, 0) is 0 Å². The highest BCUT2D eigenvalue weighted by atomic mass is 16.5. The number of benzene rings is 1. The van der Waals surface area contributed by atoms with Gasteiger partial charge in [0.15, 0.2) is 0 Å². The fourth-order valence-electron chi connectivity index (χ4n) is 3.34. The average molecular weight is 290 g/mol. The van der Waals surface area contributed by atoms with Crippen LogP contribution in [0.5, 0.6) is 5.75 Å². The molecule has 2 rings (SSSR count). The molecule has 0 bridgehead atoms. The van der Waals surface area contributed by atoms with Crippen LogP contribution in [0.1, 0.15) is 50.6 Å². The molecular weight excluding hydrogens is 260 g/mol. The minimum Gasteiger partial charge on any atom is -0.497 e. The van der Waals surface area contributed by atoms with Crippen molar-refractivity contribution in [3.63, 3.8) is 0 Å². The molecule has 0 spiro atoms. The Hall–Kier alpha value is -1.06. The highest BCUT2D eigenvalue weighted by Crippen LogP contribution is 2.23. The summed E-state index contributed by atoms with van der Waals surface area (Å²) in [5.41, 5.74) is 7.58. The van der Waals surface area contributed by atoms with Gasteiger partial charge in [-0.1, -0.05) is 31.9 Å². The average Bonchev–Trinajstić information content (AvgIpc) is 2.73. The topological polar surface area (TPSA) is 38.5 Å². The standard InChI is InChI=1S/C18H30N2O/c1-3-5-15-6-4-12-20(13-11-15)14-18(19)16-7-9-17(21-2)10-8-16/h7-10,15,18H,3-6,11-14,19H2,1-2H3. The van der Waals surface area contributed by atoms with Gasteiger partial charge in [0, 0.05) is 12.6 Å². The molecule has 1 aromatic carbocycles. The lowest BCUT2D eigenvalue weighted by atomic mass is 9.96. The van der Waals surface area contributed by atoms with Crippen LogP contribution in [0.2, 0.25) is 0 Å². The second kappa shape index (κ2) is 8.40. The number of methoxy groups -OCH3 is 1. The first-order valence-corrected chi connectivity index (χ1v) is 8.34. The fraction of sp³-hybridized carbons (Fsp3) is 0.667. The van der Waals surface area contributed by atoms with Gasteiger partial charge in [0.1, 0.15) is 5.75 Å². The predicted molar refractivity (Wildman–Crippen MR) is 88.6 cm³/mol. The summed E-state index contributed by atoms with van der Waals surface area (Å²) < 4.78 is 5.20. The molecule has 2 atom stereocenters. The maximum Gasteiger partial charge on any atom is 0.118 e. The van der Waals surface area contributed by atoms with Crippen LogP contribution in [0.15, 0.2) is 24.3 Å². The van der Waals surface area contributed by atoms with Gasteiger partial charge in [-0.15, -0.1) is 0 Å². The Bertz CT molecular complexity index is 404. The van der Waals surface area contributed by atoms with E-state index in [1.54, 1.807) is 7.11 Å². The molecule has 0 radical (unpaired) electrons. The first-order chi connectivity index (χ1) is 10.2. The summed E-state index contributed by atoms with van der Waals surface area (Å²) in [5.74, 6) is 1.82. The summed E-state index contributed by atoms with van der Waals surface area (Å²) >= 11 is 0. The van der Waals surface area contributed by atoms with Crippen LogP contribution in [0.4, 0.5) is 0 Å². The highest BCUT2D eigenvalue weighted by molar-refractivity contribution is 5.29. The van der Waals surface area contributed by atoms with Crippen LogP contribution in [0.25, 0.3) is 0 Å². The number of hydrogen-bond acceptors (Lipinski definition) is 3. The summed E-state index contributed by atoms with van der Waals surface area (Å²) in [6.45, 7) is 5.66. The number of likely N-dealkylation sites (tertiary alicyclic amines) is 1. The number of rotatable bonds is 6. The van der Waals surface area contributed by atoms with Gasteiger partial charge in [-0.25, -0.2) is 0 Å². The van der Waals surface area contributed by atoms with Crippen LogP contribution in [0.3, 0.4) is 0 Å². The van der Waals surface area contributed by atoms with E-state index >= 15 is 0 Å². The van der Waals surface area contributed by atoms with Gasteiger partial charge in [0.25, 0.3) is 0 Å². The van der Waals surface area contributed by atoms with Crippen molar-refractivity contribution in [2.24, 2.45) is 11.7 Å². The molecule has 2 unspecified atom stereocenters. The van der Waals surface area contributed by atoms with Crippen molar-refractivity contribution in [2.45, 2.75) is 45.1 Å². The van der Waals surface area contributed by atoms with Gasteiger partial charge in [-0.3, -0.25) is 0 Å². The van der Waals surface area contributed by atoms with Crippen molar-refractivity contribution < 1.29 is 4.74 Å². The van der Waals surface area contributed by atoms with Crippen molar-refractivity contribution in [2.75, 3.05) is 26.7 Å². The number of hydrogen-bond donors (Lipinski definition) is 1. The molecule has 1 aliphatic rings. The van der Waals surface area contributed by atoms with Gasteiger partial charge < -0.3 is 15.4 Å². The predicted octanol–water partition coefficient (Wildman–Crippen LogP) is 3.60. The van der Waals surface area contributed by atoms with E-state index in [0.29, 0.717) is 0 Å². The Labute approximate surface area is 129 Å². The summed E-state index contributed by atoms with van der Waals surface area (Å²) in [6.07, 6.45) is 6.75. The monoisotopic (exact) mass is 290 g/mol. The molecule has 1 saturated heterocycles. The quantitative estimate of drug-likeness (QED) is 0.870. The zero-order chi connectivity index (χ0) is 15.1. The summed E-state index contributed by atoms with van der Waals surface area (Å²) in [6, 6.07) is 8.25. The maximum atomic E-state index is 6.38. The maximum absolute atomic E-state index is 6.38. The van der Waals surface area contributed by atoms with Crippen molar-refractivity contribution in [1.82, 2.24) is 4.90 Å². The second-order valence-corrected chi connectivity index (χ2v) is 6.27. The van der Waals surface area contributed by atoms with Crippen molar-refractivity contribution >= 4 is 0 Å². The number of ether oxygens (including phenoxy) is 1. The van der Waals surface area contributed by atoms with Crippen LogP contribution < -0.4 is 10.5 Å². The van der Waals surface area contributed by atoms with Crippen molar-refractivity contribution in [3.8, 4) is 5.75 Å². The molecular formula is C18H30N2O. The third-order valence-electron chi connectivity index (χ3n) is 4.64. The minimum atomic E-state index is 0.0960. The van der Waals surface area contributed by atoms with E-state index in [-0.39, 0.29) is 6.04 Å². The molecule has 0 aliphatic carbocycles. The van der Waals surface area contributed by atoms with Crippen molar-refractivity contribution in [3.05, 3.63) is 29.8 Å². The lowest BCUT2D eigenvalue weighted by Gasteiger charge is -2.24. The molecule has 0 saturated carbocycles. The zero-order valence-electron chi connectivity index (χ0n) is 13.6. The molecule has 1 heterocycles. The molecule has 2 N–H and O–H groups in total. The fourth-order valence-corrected chi connectivity index (χ4v) is 3.34. The summed E-state index contributed by atoms with van der Waals surface area (Å²) in [5, 5.41) is 0. The van der Waals surface area contributed by atoms with E-state index < -0.39 is 0 Å². The van der Waals surface area contributed by atoms with Gasteiger partial charge >= 0.3 is 0 Å². The first kappa shape index (κ1) is 16.3. The van der Waals surface area contributed by atoms with E-state index in [4.69, 9.17) is 10.5 Å². The van der Waals surface area contributed by atoms with Crippen LogP contribution >= 0.6 is 0 Å². The molecule has 1 aromatic rings. The molecule has 1 fully saturated rings. The zero-order valence-corrected chi connectivity index (χ0v) is 13.6. The minimum absolute atomic E-state index is 0.0960. The van der Waals surface area contributed by atoms with Crippen LogP contribution in [0, 0.1) is 5.92 Å². The number of nitrogens with zero attached hydrogens (tertiary/aromatic N) is 1. The van der Waals surface area contributed by atoms with Gasteiger partial charge in [0.05, 0.1) is 7.11 Å². The SMILES string of the molecule is CCCC1CCCN(CC(N)c2ccc(OC)cc2)CC1. The van der Waals surface area contributed by atoms with Crippen LogP contribution in [-0.4, -0.2) is 31.6 Å².